The number of aryl methyl sites for hydroxylation is 1. The van der Waals surface area contributed by atoms with Crippen LogP contribution in [0.25, 0.3) is 0 Å². The van der Waals surface area contributed by atoms with E-state index in [4.69, 9.17) is 0 Å². The average Bonchev–Trinajstić information content (AvgIpc) is 2.84. The van der Waals surface area contributed by atoms with E-state index in [9.17, 15) is 14.7 Å². The molecule has 0 aliphatic carbocycles. The van der Waals surface area contributed by atoms with Gasteiger partial charge in [-0.05, 0) is 13.3 Å². The molecule has 0 radical (unpaired) electrons. The van der Waals surface area contributed by atoms with Gasteiger partial charge in [0.05, 0.1) is 11.9 Å². The fourth-order valence-electron chi connectivity index (χ4n) is 1.70. The number of rotatable bonds is 4. The number of nitrogens with zero attached hydrogens (tertiary/aromatic N) is 3. The summed E-state index contributed by atoms with van der Waals surface area (Å²) in [5.41, 5.74) is -0.991. The van der Waals surface area contributed by atoms with Gasteiger partial charge in [0.25, 0.3) is 5.56 Å². The molecule has 0 amide bonds. The number of imidazole rings is 1. The number of aromatic amines is 1. The van der Waals surface area contributed by atoms with Crippen LogP contribution in [0.4, 0.5) is 0 Å². The van der Waals surface area contributed by atoms with E-state index in [2.05, 4.69) is 9.97 Å². The first-order chi connectivity index (χ1) is 8.59. The lowest BCUT2D eigenvalue weighted by Crippen LogP contribution is -2.31. The third-order valence-electron chi connectivity index (χ3n) is 2.75. The van der Waals surface area contributed by atoms with Gasteiger partial charge in [-0.2, -0.15) is 0 Å². The second-order valence-corrected chi connectivity index (χ2v) is 4.01. The molecule has 0 bridgehead atoms. The van der Waals surface area contributed by atoms with Crippen LogP contribution in [-0.2, 0) is 13.1 Å². The zero-order valence-electron chi connectivity index (χ0n) is 9.96. The van der Waals surface area contributed by atoms with Crippen LogP contribution < -0.4 is 11.2 Å². The molecule has 2 aromatic heterocycles. The van der Waals surface area contributed by atoms with E-state index < -0.39 is 11.2 Å². The summed E-state index contributed by atoms with van der Waals surface area (Å²) in [5.74, 6) is -0.269. The van der Waals surface area contributed by atoms with Gasteiger partial charge in [0.2, 0.25) is 5.88 Å². The maximum absolute atomic E-state index is 11.5. The van der Waals surface area contributed by atoms with E-state index in [0.717, 1.165) is 4.57 Å². The lowest BCUT2D eigenvalue weighted by Gasteiger charge is -2.09. The highest BCUT2D eigenvalue weighted by atomic mass is 16.3. The molecular weight excluding hydrogens is 236 g/mol. The van der Waals surface area contributed by atoms with E-state index in [1.165, 1.54) is 6.92 Å². The van der Waals surface area contributed by atoms with Crippen molar-refractivity contribution >= 4 is 0 Å². The van der Waals surface area contributed by atoms with E-state index in [1.54, 1.807) is 12.5 Å². The number of aromatic nitrogens is 4. The van der Waals surface area contributed by atoms with Crippen molar-refractivity contribution in [3.63, 3.8) is 0 Å². The van der Waals surface area contributed by atoms with Crippen molar-refractivity contribution in [1.29, 1.82) is 0 Å². The fourth-order valence-corrected chi connectivity index (χ4v) is 1.70. The molecule has 0 unspecified atom stereocenters. The summed E-state index contributed by atoms with van der Waals surface area (Å²) in [6, 6.07) is 0. The molecule has 7 nitrogen and oxygen atoms in total. The van der Waals surface area contributed by atoms with Crippen molar-refractivity contribution in [2.24, 2.45) is 0 Å². The van der Waals surface area contributed by atoms with Gasteiger partial charge in [0.15, 0.2) is 0 Å². The summed E-state index contributed by atoms with van der Waals surface area (Å²) in [6.45, 7) is 2.49. The third kappa shape index (κ3) is 2.34. The summed E-state index contributed by atoms with van der Waals surface area (Å²) in [4.78, 5) is 28.8. The van der Waals surface area contributed by atoms with Crippen molar-refractivity contribution < 1.29 is 5.11 Å². The van der Waals surface area contributed by atoms with Crippen molar-refractivity contribution in [2.75, 3.05) is 0 Å². The summed E-state index contributed by atoms with van der Waals surface area (Å²) < 4.78 is 3.04. The molecule has 0 aromatic carbocycles. The topological polar surface area (TPSA) is 92.9 Å². The molecule has 0 saturated heterocycles. The van der Waals surface area contributed by atoms with Gasteiger partial charge in [0.1, 0.15) is 0 Å². The summed E-state index contributed by atoms with van der Waals surface area (Å²) in [7, 11) is 0. The highest BCUT2D eigenvalue weighted by Crippen LogP contribution is 2.08. The predicted molar refractivity (Wildman–Crippen MR) is 64.6 cm³/mol. The SMILES string of the molecule is Cc1c(O)n(CCCn2ccnc2)c(=O)[nH]c1=O. The normalized spacial score (nSPS) is 10.7. The van der Waals surface area contributed by atoms with Crippen LogP contribution >= 0.6 is 0 Å². The second-order valence-electron chi connectivity index (χ2n) is 4.01. The van der Waals surface area contributed by atoms with Gasteiger partial charge < -0.3 is 9.67 Å². The fraction of sp³-hybridized carbons (Fsp3) is 0.364. The largest absolute Gasteiger partial charge is 0.494 e. The first-order valence-corrected chi connectivity index (χ1v) is 5.58. The highest BCUT2D eigenvalue weighted by molar-refractivity contribution is 5.20. The zero-order chi connectivity index (χ0) is 13.1. The minimum absolute atomic E-state index is 0.150. The summed E-state index contributed by atoms with van der Waals surface area (Å²) >= 11 is 0. The molecule has 18 heavy (non-hydrogen) atoms. The Kier molecular flexibility index (Phi) is 3.31. The molecule has 0 spiro atoms. The molecule has 2 aromatic rings. The standard InChI is InChI=1S/C11H14N4O3/c1-8-9(16)13-11(18)15(10(8)17)5-2-4-14-6-3-12-7-14/h3,6-7,17H,2,4-5H2,1H3,(H,13,16,18). The summed E-state index contributed by atoms with van der Waals surface area (Å²) in [6.07, 6.45) is 5.82. The Morgan fingerprint density at radius 3 is 2.83 bits per heavy atom. The molecule has 2 rings (SSSR count). The minimum Gasteiger partial charge on any atom is -0.494 e. The zero-order valence-corrected chi connectivity index (χ0v) is 9.96. The number of nitrogens with one attached hydrogen (secondary N) is 1. The number of hydrogen-bond donors (Lipinski definition) is 2. The van der Waals surface area contributed by atoms with Crippen molar-refractivity contribution in [3.8, 4) is 5.88 Å². The maximum Gasteiger partial charge on any atom is 0.331 e. The molecule has 2 heterocycles. The summed E-state index contributed by atoms with van der Waals surface area (Å²) in [5, 5.41) is 9.74. The Labute approximate surface area is 102 Å². The molecule has 0 atom stereocenters. The molecule has 2 N–H and O–H groups in total. The first-order valence-electron chi connectivity index (χ1n) is 5.58. The minimum atomic E-state index is -0.589. The van der Waals surface area contributed by atoms with Crippen molar-refractivity contribution in [1.82, 2.24) is 19.1 Å². The van der Waals surface area contributed by atoms with Gasteiger partial charge in [-0.1, -0.05) is 0 Å². The smallest absolute Gasteiger partial charge is 0.331 e. The monoisotopic (exact) mass is 250 g/mol. The Balaban J connectivity index is 2.12. The van der Waals surface area contributed by atoms with Crippen LogP contribution in [0.1, 0.15) is 12.0 Å². The van der Waals surface area contributed by atoms with E-state index in [1.807, 2.05) is 10.8 Å². The Hall–Kier alpha value is -2.31. The predicted octanol–water partition coefficient (Wildman–Crippen LogP) is -0.163. The first kappa shape index (κ1) is 12.2. The molecule has 0 aliphatic rings. The molecular formula is C11H14N4O3. The van der Waals surface area contributed by atoms with E-state index in [0.29, 0.717) is 19.5 Å². The third-order valence-corrected chi connectivity index (χ3v) is 2.75. The van der Waals surface area contributed by atoms with Crippen LogP contribution in [0, 0.1) is 6.92 Å². The number of H-pyrrole nitrogens is 1. The van der Waals surface area contributed by atoms with Gasteiger partial charge >= 0.3 is 5.69 Å². The highest BCUT2D eigenvalue weighted by Gasteiger charge is 2.09. The molecule has 0 saturated carbocycles. The van der Waals surface area contributed by atoms with E-state index in [-0.39, 0.29) is 11.4 Å². The van der Waals surface area contributed by atoms with Crippen LogP contribution in [0.15, 0.2) is 28.3 Å². The molecule has 0 aliphatic heterocycles. The van der Waals surface area contributed by atoms with Crippen molar-refractivity contribution in [3.05, 3.63) is 45.1 Å². The van der Waals surface area contributed by atoms with Gasteiger partial charge in [-0.3, -0.25) is 14.3 Å². The molecule has 7 heteroatoms. The van der Waals surface area contributed by atoms with Gasteiger partial charge in [-0.25, -0.2) is 9.78 Å². The van der Waals surface area contributed by atoms with Gasteiger partial charge in [0, 0.05) is 25.5 Å². The number of hydrogen-bond acceptors (Lipinski definition) is 4. The maximum atomic E-state index is 11.5. The van der Waals surface area contributed by atoms with Crippen LogP contribution in [-0.4, -0.2) is 24.2 Å². The number of aromatic hydroxyl groups is 1. The van der Waals surface area contributed by atoms with Crippen LogP contribution in [0.5, 0.6) is 5.88 Å². The van der Waals surface area contributed by atoms with Crippen LogP contribution in [0.2, 0.25) is 0 Å². The van der Waals surface area contributed by atoms with E-state index >= 15 is 0 Å². The lowest BCUT2D eigenvalue weighted by molar-refractivity contribution is 0.387. The lowest BCUT2D eigenvalue weighted by atomic mass is 10.3. The Morgan fingerprint density at radius 2 is 2.17 bits per heavy atom. The van der Waals surface area contributed by atoms with Gasteiger partial charge in [-0.15, -0.1) is 0 Å². The quantitative estimate of drug-likeness (QED) is 0.788. The van der Waals surface area contributed by atoms with Crippen molar-refractivity contribution in [2.45, 2.75) is 26.4 Å². The van der Waals surface area contributed by atoms with Crippen LogP contribution in [0.3, 0.4) is 0 Å². The molecule has 0 fully saturated rings. The second kappa shape index (κ2) is 4.91. The Bertz CT molecular complexity index is 639. The Morgan fingerprint density at radius 1 is 1.39 bits per heavy atom. The molecule has 96 valence electrons. The average molecular weight is 250 g/mol.